The minimum Gasteiger partial charge on any atom is -0.508 e. The molecule has 0 unspecified atom stereocenters. The molecule has 0 bridgehead atoms. The molecule has 1 aliphatic heterocycles. The second-order valence-corrected chi connectivity index (χ2v) is 3.41. The van der Waals surface area contributed by atoms with Crippen molar-refractivity contribution < 1.29 is 9.84 Å². The average molecular weight is 164 g/mol. The first-order valence-corrected chi connectivity index (χ1v) is 4.20. The molecule has 0 aromatic heterocycles. The molecule has 2 heteroatoms. The Kier molecular flexibility index (Phi) is 1.68. The van der Waals surface area contributed by atoms with E-state index in [4.69, 9.17) is 4.74 Å². The van der Waals surface area contributed by atoms with Crippen LogP contribution in [0.1, 0.15) is 12.5 Å². The SMILES string of the molecule is C[C@@H]1COc2cc(O)ccc2C1. The van der Waals surface area contributed by atoms with E-state index in [1.807, 2.05) is 6.07 Å². The van der Waals surface area contributed by atoms with Gasteiger partial charge in [-0.25, -0.2) is 0 Å². The van der Waals surface area contributed by atoms with Gasteiger partial charge in [0.15, 0.2) is 0 Å². The number of benzene rings is 1. The molecule has 0 saturated heterocycles. The third-order valence-electron chi connectivity index (χ3n) is 2.14. The third-order valence-corrected chi connectivity index (χ3v) is 2.14. The molecule has 0 spiro atoms. The normalized spacial score (nSPS) is 21.2. The molecular formula is C10H12O2. The molecule has 1 aliphatic rings. The van der Waals surface area contributed by atoms with Crippen molar-refractivity contribution in [2.45, 2.75) is 13.3 Å². The van der Waals surface area contributed by atoms with Gasteiger partial charge in [0.25, 0.3) is 0 Å². The van der Waals surface area contributed by atoms with Crippen LogP contribution in [0.5, 0.6) is 11.5 Å². The molecule has 0 radical (unpaired) electrons. The molecule has 0 amide bonds. The Morgan fingerprint density at radius 1 is 1.50 bits per heavy atom. The molecule has 64 valence electrons. The molecule has 1 heterocycles. The molecule has 1 aromatic carbocycles. The summed E-state index contributed by atoms with van der Waals surface area (Å²) in [5.41, 5.74) is 1.20. The summed E-state index contributed by atoms with van der Waals surface area (Å²) in [5, 5.41) is 9.17. The van der Waals surface area contributed by atoms with Gasteiger partial charge in [0.1, 0.15) is 11.5 Å². The standard InChI is InChI=1S/C10H12O2/c1-7-4-8-2-3-9(11)5-10(8)12-6-7/h2-3,5,7,11H,4,6H2,1H3/t7-/m0/s1. The van der Waals surface area contributed by atoms with Gasteiger partial charge in [-0.2, -0.15) is 0 Å². The maximum absolute atomic E-state index is 9.17. The third kappa shape index (κ3) is 1.24. The molecule has 1 aromatic rings. The summed E-state index contributed by atoms with van der Waals surface area (Å²) in [7, 11) is 0. The van der Waals surface area contributed by atoms with Gasteiger partial charge >= 0.3 is 0 Å². The van der Waals surface area contributed by atoms with Crippen LogP contribution in [0, 0.1) is 5.92 Å². The summed E-state index contributed by atoms with van der Waals surface area (Å²) >= 11 is 0. The van der Waals surface area contributed by atoms with Crippen LogP contribution in [0.25, 0.3) is 0 Å². The molecule has 12 heavy (non-hydrogen) atoms. The maximum Gasteiger partial charge on any atom is 0.126 e. The number of phenolic OH excluding ortho intramolecular Hbond substituents is 1. The van der Waals surface area contributed by atoms with Gasteiger partial charge < -0.3 is 9.84 Å². The highest BCUT2D eigenvalue weighted by Crippen LogP contribution is 2.30. The van der Waals surface area contributed by atoms with E-state index in [0.717, 1.165) is 18.8 Å². The Bertz CT molecular complexity index is 294. The van der Waals surface area contributed by atoms with Crippen LogP contribution in [0.3, 0.4) is 0 Å². The molecule has 2 nitrogen and oxygen atoms in total. The lowest BCUT2D eigenvalue weighted by Gasteiger charge is -2.22. The Balaban J connectivity index is 2.37. The van der Waals surface area contributed by atoms with Crippen LogP contribution >= 0.6 is 0 Å². The molecule has 1 N–H and O–H groups in total. The van der Waals surface area contributed by atoms with Gasteiger partial charge in [0, 0.05) is 6.07 Å². The second kappa shape index (κ2) is 2.70. The zero-order valence-electron chi connectivity index (χ0n) is 7.08. The molecule has 0 fully saturated rings. The van der Waals surface area contributed by atoms with Crippen LogP contribution in [-0.4, -0.2) is 11.7 Å². The van der Waals surface area contributed by atoms with E-state index in [0.29, 0.717) is 5.92 Å². The van der Waals surface area contributed by atoms with E-state index in [2.05, 4.69) is 6.92 Å². The van der Waals surface area contributed by atoms with Crippen LogP contribution < -0.4 is 4.74 Å². The molecular weight excluding hydrogens is 152 g/mol. The Morgan fingerprint density at radius 3 is 3.17 bits per heavy atom. The summed E-state index contributed by atoms with van der Waals surface area (Å²) in [5.74, 6) is 1.71. The zero-order valence-corrected chi connectivity index (χ0v) is 7.08. The Morgan fingerprint density at radius 2 is 2.33 bits per heavy atom. The van der Waals surface area contributed by atoms with Gasteiger partial charge in [0.2, 0.25) is 0 Å². The van der Waals surface area contributed by atoms with Gasteiger partial charge in [-0.3, -0.25) is 0 Å². The first-order valence-electron chi connectivity index (χ1n) is 4.20. The van der Waals surface area contributed by atoms with E-state index in [9.17, 15) is 5.11 Å². The lowest BCUT2D eigenvalue weighted by molar-refractivity contribution is 0.233. The van der Waals surface area contributed by atoms with Crippen LogP contribution in [0.2, 0.25) is 0 Å². The summed E-state index contributed by atoms with van der Waals surface area (Å²) in [4.78, 5) is 0. The summed E-state index contributed by atoms with van der Waals surface area (Å²) in [6.45, 7) is 2.92. The zero-order chi connectivity index (χ0) is 8.55. The number of hydrogen-bond acceptors (Lipinski definition) is 2. The van der Waals surface area contributed by atoms with Gasteiger partial charge in [-0.15, -0.1) is 0 Å². The highest BCUT2D eigenvalue weighted by Gasteiger charge is 2.15. The van der Waals surface area contributed by atoms with E-state index < -0.39 is 0 Å². The van der Waals surface area contributed by atoms with Crippen LogP contribution in [0.15, 0.2) is 18.2 Å². The predicted molar refractivity (Wildman–Crippen MR) is 46.5 cm³/mol. The van der Waals surface area contributed by atoms with Gasteiger partial charge in [-0.05, 0) is 24.0 Å². The minimum absolute atomic E-state index is 0.281. The van der Waals surface area contributed by atoms with E-state index >= 15 is 0 Å². The van der Waals surface area contributed by atoms with Crippen molar-refractivity contribution >= 4 is 0 Å². The molecule has 0 saturated carbocycles. The highest BCUT2D eigenvalue weighted by atomic mass is 16.5. The van der Waals surface area contributed by atoms with E-state index in [1.54, 1.807) is 12.1 Å². The van der Waals surface area contributed by atoms with Crippen LogP contribution in [-0.2, 0) is 6.42 Å². The van der Waals surface area contributed by atoms with Crippen molar-refractivity contribution in [3.63, 3.8) is 0 Å². The molecule has 0 aliphatic carbocycles. The van der Waals surface area contributed by atoms with E-state index in [-0.39, 0.29) is 5.75 Å². The number of phenols is 1. The summed E-state index contributed by atoms with van der Waals surface area (Å²) in [6.07, 6.45) is 1.05. The number of hydrogen-bond donors (Lipinski definition) is 1. The lowest BCUT2D eigenvalue weighted by atomic mass is 9.98. The monoisotopic (exact) mass is 164 g/mol. The fraction of sp³-hybridized carbons (Fsp3) is 0.400. The lowest BCUT2D eigenvalue weighted by Crippen LogP contribution is -2.17. The first-order chi connectivity index (χ1) is 5.75. The summed E-state index contributed by atoms with van der Waals surface area (Å²) < 4.78 is 5.46. The second-order valence-electron chi connectivity index (χ2n) is 3.41. The smallest absolute Gasteiger partial charge is 0.126 e. The average Bonchev–Trinajstić information content (AvgIpc) is 2.05. The quantitative estimate of drug-likeness (QED) is 0.635. The largest absolute Gasteiger partial charge is 0.508 e. The number of aromatic hydroxyl groups is 1. The van der Waals surface area contributed by atoms with Gasteiger partial charge in [0.05, 0.1) is 6.61 Å². The fourth-order valence-corrected chi connectivity index (χ4v) is 1.51. The van der Waals surface area contributed by atoms with Crippen LogP contribution in [0.4, 0.5) is 0 Å². The van der Waals surface area contributed by atoms with Crippen molar-refractivity contribution in [3.05, 3.63) is 23.8 Å². The van der Waals surface area contributed by atoms with Crippen molar-refractivity contribution in [2.24, 2.45) is 5.92 Å². The highest BCUT2D eigenvalue weighted by molar-refractivity contribution is 5.41. The minimum atomic E-state index is 0.281. The number of rotatable bonds is 0. The molecule has 1 atom stereocenters. The first kappa shape index (κ1) is 7.47. The molecule has 2 rings (SSSR count). The maximum atomic E-state index is 9.17. The number of fused-ring (bicyclic) bond motifs is 1. The summed E-state index contributed by atoms with van der Waals surface area (Å²) in [6, 6.07) is 5.32. The topological polar surface area (TPSA) is 29.5 Å². The van der Waals surface area contributed by atoms with Crippen molar-refractivity contribution in [2.75, 3.05) is 6.61 Å². The van der Waals surface area contributed by atoms with Crippen molar-refractivity contribution in [1.82, 2.24) is 0 Å². The van der Waals surface area contributed by atoms with Crippen molar-refractivity contribution in [3.8, 4) is 11.5 Å². The Labute approximate surface area is 71.8 Å². The number of ether oxygens (including phenoxy) is 1. The Hall–Kier alpha value is -1.18. The van der Waals surface area contributed by atoms with Crippen molar-refractivity contribution in [1.29, 1.82) is 0 Å². The van der Waals surface area contributed by atoms with E-state index in [1.165, 1.54) is 5.56 Å². The van der Waals surface area contributed by atoms with Gasteiger partial charge in [-0.1, -0.05) is 13.0 Å². The fourth-order valence-electron chi connectivity index (χ4n) is 1.51. The predicted octanol–water partition coefficient (Wildman–Crippen LogP) is 1.96.